The van der Waals surface area contributed by atoms with E-state index >= 15 is 0 Å². The number of hydrogen-bond donors (Lipinski definition) is 1. The second-order valence-electron chi connectivity index (χ2n) is 4.97. The molecule has 2 N–H and O–H groups in total. The third-order valence-electron chi connectivity index (χ3n) is 3.00. The highest BCUT2D eigenvalue weighted by Crippen LogP contribution is 2.11. The Hall–Kier alpha value is -0.980. The second kappa shape index (κ2) is 7.71. The zero-order valence-electron chi connectivity index (χ0n) is 12.0. The topological polar surface area (TPSA) is 63.4 Å². The molecular formula is C14H22N2O2S2. The maximum absolute atomic E-state index is 12.4. The lowest BCUT2D eigenvalue weighted by Crippen LogP contribution is -2.40. The Morgan fingerprint density at radius 3 is 2.40 bits per heavy atom. The monoisotopic (exact) mass is 314 g/mol. The molecule has 0 fully saturated rings. The Kier molecular flexibility index (Phi) is 6.58. The third-order valence-corrected chi connectivity index (χ3v) is 5.25. The number of benzene rings is 1. The summed E-state index contributed by atoms with van der Waals surface area (Å²) in [5.41, 5.74) is 6.48. The molecule has 0 radical (unpaired) electrons. The minimum atomic E-state index is -3.30. The van der Waals surface area contributed by atoms with Crippen molar-refractivity contribution in [1.82, 2.24) is 4.31 Å². The van der Waals surface area contributed by atoms with E-state index < -0.39 is 10.0 Å². The lowest BCUT2D eigenvalue weighted by atomic mass is 10.2. The van der Waals surface area contributed by atoms with Crippen LogP contribution in [0.1, 0.15) is 25.8 Å². The van der Waals surface area contributed by atoms with E-state index in [4.69, 9.17) is 18.0 Å². The van der Waals surface area contributed by atoms with Gasteiger partial charge in [0.1, 0.15) is 0 Å². The minimum absolute atomic E-state index is 0.0925. The standard InChI is InChI=1S/C14H22N2O2S2/c1-12(2)16(10-8-14(15)19)20(17,18)11-9-13-6-4-3-5-7-13/h3-7,12H,8-11H2,1-2H3,(H2,15,19). The number of sulfonamides is 1. The van der Waals surface area contributed by atoms with Crippen LogP contribution in [0, 0.1) is 0 Å². The summed E-state index contributed by atoms with van der Waals surface area (Å²) in [6.45, 7) is 4.07. The summed E-state index contributed by atoms with van der Waals surface area (Å²) in [6, 6.07) is 9.52. The van der Waals surface area contributed by atoms with E-state index in [1.54, 1.807) is 0 Å². The molecule has 0 spiro atoms. The van der Waals surface area contributed by atoms with Crippen molar-refractivity contribution in [2.75, 3.05) is 12.3 Å². The van der Waals surface area contributed by atoms with Gasteiger partial charge in [-0.15, -0.1) is 0 Å². The molecule has 0 aliphatic heterocycles. The Morgan fingerprint density at radius 1 is 1.30 bits per heavy atom. The molecule has 0 aromatic heterocycles. The highest BCUT2D eigenvalue weighted by molar-refractivity contribution is 7.89. The first-order valence-corrected chi connectivity index (χ1v) is 8.66. The number of nitrogens with two attached hydrogens (primary N) is 1. The average Bonchev–Trinajstić information content (AvgIpc) is 2.37. The molecule has 20 heavy (non-hydrogen) atoms. The quantitative estimate of drug-likeness (QED) is 0.745. The van der Waals surface area contributed by atoms with E-state index in [0.29, 0.717) is 24.4 Å². The summed E-state index contributed by atoms with van der Waals surface area (Å²) < 4.78 is 26.3. The number of nitrogens with zero attached hydrogens (tertiary/aromatic N) is 1. The van der Waals surface area contributed by atoms with Gasteiger partial charge in [-0.3, -0.25) is 0 Å². The van der Waals surface area contributed by atoms with Crippen LogP contribution < -0.4 is 5.73 Å². The fourth-order valence-electron chi connectivity index (χ4n) is 1.95. The van der Waals surface area contributed by atoms with Gasteiger partial charge in [-0.25, -0.2) is 8.42 Å². The minimum Gasteiger partial charge on any atom is -0.393 e. The molecule has 112 valence electrons. The first-order valence-electron chi connectivity index (χ1n) is 6.64. The average molecular weight is 314 g/mol. The Bertz CT molecular complexity index is 527. The molecule has 6 heteroatoms. The first-order chi connectivity index (χ1) is 9.33. The fraction of sp³-hybridized carbons (Fsp3) is 0.500. The van der Waals surface area contributed by atoms with Crippen molar-refractivity contribution in [3.05, 3.63) is 35.9 Å². The fourth-order valence-corrected chi connectivity index (χ4v) is 3.78. The molecule has 0 saturated carbocycles. The summed E-state index contributed by atoms with van der Waals surface area (Å²) in [4.78, 5) is 0.342. The molecule has 4 nitrogen and oxygen atoms in total. The van der Waals surface area contributed by atoms with Crippen molar-refractivity contribution in [3.63, 3.8) is 0 Å². The van der Waals surface area contributed by atoms with Crippen LogP contribution in [0.2, 0.25) is 0 Å². The van der Waals surface area contributed by atoms with Crippen LogP contribution in [0.5, 0.6) is 0 Å². The molecule has 0 bridgehead atoms. The van der Waals surface area contributed by atoms with Gasteiger partial charge in [-0.2, -0.15) is 4.31 Å². The molecule has 0 saturated heterocycles. The summed E-state index contributed by atoms with van der Waals surface area (Å²) in [5, 5.41) is 0. The maximum atomic E-state index is 12.4. The molecule has 0 aliphatic carbocycles. The van der Waals surface area contributed by atoms with Crippen molar-refractivity contribution in [2.24, 2.45) is 5.73 Å². The van der Waals surface area contributed by atoms with Gasteiger partial charge in [0.15, 0.2) is 0 Å². The van der Waals surface area contributed by atoms with Crippen LogP contribution >= 0.6 is 12.2 Å². The molecule has 1 aromatic carbocycles. The van der Waals surface area contributed by atoms with Crippen LogP contribution in [0.15, 0.2) is 30.3 Å². The summed E-state index contributed by atoms with van der Waals surface area (Å²) >= 11 is 4.82. The van der Waals surface area contributed by atoms with Crippen molar-refractivity contribution < 1.29 is 8.42 Å². The SMILES string of the molecule is CC(C)N(CCC(N)=S)S(=O)(=O)CCc1ccccc1. The zero-order valence-corrected chi connectivity index (χ0v) is 13.6. The molecule has 0 atom stereocenters. The predicted octanol–water partition coefficient (Wildman–Crippen LogP) is 1.95. The lowest BCUT2D eigenvalue weighted by molar-refractivity contribution is 0.362. The first kappa shape index (κ1) is 17.1. The van der Waals surface area contributed by atoms with Crippen molar-refractivity contribution in [3.8, 4) is 0 Å². The number of aryl methyl sites for hydroxylation is 1. The van der Waals surface area contributed by atoms with E-state index in [1.165, 1.54) is 4.31 Å². The molecule has 1 rings (SSSR count). The van der Waals surface area contributed by atoms with E-state index in [2.05, 4.69) is 0 Å². The lowest BCUT2D eigenvalue weighted by Gasteiger charge is -2.25. The normalized spacial score (nSPS) is 12.0. The van der Waals surface area contributed by atoms with E-state index in [9.17, 15) is 8.42 Å². The van der Waals surface area contributed by atoms with E-state index in [0.717, 1.165) is 5.56 Å². The van der Waals surface area contributed by atoms with Crippen molar-refractivity contribution >= 4 is 27.2 Å². The molecule has 0 aliphatic rings. The van der Waals surface area contributed by atoms with E-state index in [-0.39, 0.29) is 11.8 Å². The van der Waals surface area contributed by atoms with Crippen LogP contribution in [-0.4, -0.2) is 36.1 Å². The van der Waals surface area contributed by atoms with Crippen molar-refractivity contribution in [1.29, 1.82) is 0 Å². The second-order valence-corrected chi connectivity index (χ2v) is 7.54. The van der Waals surface area contributed by atoms with Gasteiger partial charge < -0.3 is 5.73 Å². The highest BCUT2D eigenvalue weighted by atomic mass is 32.2. The largest absolute Gasteiger partial charge is 0.393 e. The van der Waals surface area contributed by atoms with Gasteiger partial charge >= 0.3 is 0 Å². The molecular weight excluding hydrogens is 292 g/mol. The third kappa shape index (κ3) is 5.56. The summed E-state index contributed by atoms with van der Waals surface area (Å²) in [7, 11) is -3.30. The van der Waals surface area contributed by atoms with E-state index in [1.807, 2.05) is 44.2 Å². The van der Waals surface area contributed by atoms with Gasteiger partial charge in [-0.05, 0) is 25.8 Å². The molecule has 0 heterocycles. The maximum Gasteiger partial charge on any atom is 0.214 e. The van der Waals surface area contributed by atoms with Gasteiger partial charge in [0.25, 0.3) is 0 Å². The predicted molar refractivity (Wildman–Crippen MR) is 87.2 cm³/mol. The van der Waals surface area contributed by atoms with Gasteiger partial charge in [0, 0.05) is 19.0 Å². The molecule has 0 unspecified atom stereocenters. The number of rotatable bonds is 8. The van der Waals surface area contributed by atoms with Crippen LogP contribution in [0.3, 0.4) is 0 Å². The van der Waals surface area contributed by atoms with Gasteiger partial charge in [-0.1, -0.05) is 42.5 Å². The summed E-state index contributed by atoms with van der Waals surface area (Å²) in [6.07, 6.45) is 0.928. The van der Waals surface area contributed by atoms with Gasteiger partial charge in [0.05, 0.1) is 10.7 Å². The van der Waals surface area contributed by atoms with Crippen molar-refractivity contribution in [2.45, 2.75) is 32.7 Å². The molecule has 0 amide bonds. The Morgan fingerprint density at radius 2 is 1.90 bits per heavy atom. The Balaban J connectivity index is 2.70. The smallest absolute Gasteiger partial charge is 0.214 e. The zero-order chi connectivity index (χ0) is 15.2. The summed E-state index contributed by atoms with van der Waals surface area (Å²) in [5.74, 6) is 0.104. The van der Waals surface area contributed by atoms with Crippen LogP contribution in [-0.2, 0) is 16.4 Å². The number of thiocarbonyl (C=S) groups is 1. The number of hydrogen-bond acceptors (Lipinski definition) is 3. The Labute approximate surface area is 127 Å². The highest BCUT2D eigenvalue weighted by Gasteiger charge is 2.24. The van der Waals surface area contributed by atoms with Gasteiger partial charge in [0.2, 0.25) is 10.0 Å². The molecule has 1 aromatic rings. The van der Waals surface area contributed by atoms with Crippen LogP contribution in [0.25, 0.3) is 0 Å². The van der Waals surface area contributed by atoms with Crippen LogP contribution in [0.4, 0.5) is 0 Å².